The van der Waals surface area contributed by atoms with Crippen molar-refractivity contribution in [2.45, 2.75) is 32.4 Å². The topological polar surface area (TPSA) is 53.7 Å². The van der Waals surface area contributed by atoms with E-state index >= 15 is 0 Å². The Hall–Kier alpha value is -0.160. The number of rotatable bonds is 9. The van der Waals surface area contributed by atoms with Gasteiger partial charge in [-0.2, -0.15) is 0 Å². The molecule has 1 unspecified atom stereocenters. The van der Waals surface area contributed by atoms with Gasteiger partial charge in [-0.3, -0.25) is 0 Å². The molecule has 0 bridgehead atoms. The Kier molecular flexibility index (Phi) is 9.29. The van der Waals surface area contributed by atoms with E-state index in [4.69, 9.17) is 19.9 Å². The maximum Gasteiger partial charge on any atom is 0.0700 e. The molecule has 14 heavy (non-hydrogen) atoms. The summed E-state index contributed by atoms with van der Waals surface area (Å²) >= 11 is 0. The molecule has 86 valence electrons. The molecule has 0 aliphatic heterocycles. The molecule has 4 nitrogen and oxygen atoms in total. The van der Waals surface area contributed by atoms with Crippen molar-refractivity contribution in [3.8, 4) is 0 Å². The Morgan fingerprint density at radius 1 is 1.07 bits per heavy atom. The molecule has 0 aliphatic rings. The predicted octanol–water partition coefficient (Wildman–Crippen LogP) is 0.792. The highest BCUT2D eigenvalue weighted by Gasteiger charge is 2.06. The third-order valence-electron chi connectivity index (χ3n) is 1.99. The van der Waals surface area contributed by atoms with Gasteiger partial charge in [-0.05, 0) is 20.3 Å². The maximum atomic E-state index is 5.64. The molecule has 0 rings (SSSR count). The number of methoxy groups -OCH3 is 1. The van der Waals surface area contributed by atoms with Crippen molar-refractivity contribution in [2.24, 2.45) is 5.73 Å². The van der Waals surface area contributed by atoms with Crippen molar-refractivity contribution in [2.75, 3.05) is 33.5 Å². The van der Waals surface area contributed by atoms with Crippen LogP contribution in [0, 0.1) is 0 Å². The molecule has 0 amide bonds. The SMILES string of the molecule is COCCOCCCOC(C)[C@H](C)N. The number of hydrogen-bond acceptors (Lipinski definition) is 4. The van der Waals surface area contributed by atoms with E-state index in [0.29, 0.717) is 19.8 Å². The lowest BCUT2D eigenvalue weighted by molar-refractivity contribution is 0.0232. The monoisotopic (exact) mass is 205 g/mol. The van der Waals surface area contributed by atoms with E-state index in [0.717, 1.165) is 13.0 Å². The molecule has 4 heteroatoms. The van der Waals surface area contributed by atoms with Gasteiger partial charge in [0.2, 0.25) is 0 Å². The van der Waals surface area contributed by atoms with Crippen LogP contribution < -0.4 is 5.73 Å². The van der Waals surface area contributed by atoms with E-state index in [1.807, 2.05) is 13.8 Å². The van der Waals surface area contributed by atoms with Gasteiger partial charge in [0.1, 0.15) is 0 Å². The lowest BCUT2D eigenvalue weighted by Crippen LogP contribution is -2.31. The standard InChI is InChI=1S/C10H23NO3/c1-9(11)10(2)14-6-4-5-13-8-7-12-3/h9-10H,4-8,11H2,1-3H3/t9-,10?/m0/s1. The number of nitrogens with two attached hydrogens (primary N) is 1. The molecule has 0 spiro atoms. The average Bonchev–Trinajstić information content (AvgIpc) is 2.16. The fourth-order valence-electron chi connectivity index (χ4n) is 0.826. The quantitative estimate of drug-likeness (QED) is 0.565. The molecule has 2 N–H and O–H groups in total. The summed E-state index contributed by atoms with van der Waals surface area (Å²) in [6.45, 7) is 6.65. The zero-order valence-corrected chi connectivity index (χ0v) is 9.49. The summed E-state index contributed by atoms with van der Waals surface area (Å²) in [5.41, 5.74) is 5.64. The summed E-state index contributed by atoms with van der Waals surface area (Å²) < 4.78 is 15.6. The van der Waals surface area contributed by atoms with Crippen LogP contribution in [0.15, 0.2) is 0 Å². The summed E-state index contributed by atoms with van der Waals surface area (Å²) in [7, 11) is 1.66. The van der Waals surface area contributed by atoms with Gasteiger partial charge < -0.3 is 19.9 Å². The molecule has 0 saturated carbocycles. The molecule has 2 atom stereocenters. The predicted molar refractivity (Wildman–Crippen MR) is 56.4 cm³/mol. The van der Waals surface area contributed by atoms with E-state index in [-0.39, 0.29) is 12.1 Å². The lowest BCUT2D eigenvalue weighted by Gasteiger charge is -2.16. The second kappa shape index (κ2) is 9.40. The van der Waals surface area contributed by atoms with Crippen LogP contribution in [-0.2, 0) is 14.2 Å². The Bertz CT molecular complexity index is 120. The molecule has 0 radical (unpaired) electrons. The van der Waals surface area contributed by atoms with Gasteiger partial charge in [0.05, 0.1) is 19.3 Å². The highest BCUT2D eigenvalue weighted by atomic mass is 16.5. The second-order valence-electron chi connectivity index (χ2n) is 3.39. The van der Waals surface area contributed by atoms with Gasteiger partial charge in [-0.15, -0.1) is 0 Å². The van der Waals surface area contributed by atoms with Crippen LogP contribution in [0.5, 0.6) is 0 Å². The molecule has 0 saturated heterocycles. The van der Waals surface area contributed by atoms with Crippen molar-refractivity contribution in [1.82, 2.24) is 0 Å². The fourth-order valence-corrected chi connectivity index (χ4v) is 0.826. The highest BCUT2D eigenvalue weighted by molar-refractivity contribution is 4.61. The van der Waals surface area contributed by atoms with Crippen molar-refractivity contribution in [3.63, 3.8) is 0 Å². The average molecular weight is 205 g/mol. The van der Waals surface area contributed by atoms with E-state index < -0.39 is 0 Å². The van der Waals surface area contributed by atoms with Crippen molar-refractivity contribution in [3.05, 3.63) is 0 Å². The van der Waals surface area contributed by atoms with Crippen LogP contribution >= 0.6 is 0 Å². The van der Waals surface area contributed by atoms with E-state index in [9.17, 15) is 0 Å². The van der Waals surface area contributed by atoms with Gasteiger partial charge >= 0.3 is 0 Å². The van der Waals surface area contributed by atoms with Crippen molar-refractivity contribution >= 4 is 0 Å². The minimum atomic E-state index is 0.0874. The Labute approximate surface area is 86.7 Å². The van der Waals surface area contributed by atoms with Crippen LogP contribution in [0.1, 0.15) is 20.3 Å². The van der Waals surface area contributed by atoms with Gasteiger partial charge in [0.15, 0.2) is 0 Å². The number of hydrogen-bond donors (Lipinski definition) is 1. The summed E-state index contributed by atoms with van der Waals surface area (Å²) in [5.74, 6) is 0. The molecule has 0 heterocycles. The van der Waals surface area contributed by atoms with E-state index in [2.05, 4.69) is 0 Å². The van der Waals surface area contributed by atoms with Crippen LogP contribution in [-0.4, -0.2) is 45.7 Å². The van der Waals surface area contributed by atoms with Gasteiger partial charge in [0, 0.05) is 26.4 Å². The van der Waals surface area contributed by atoms with Gasteiger partial charge in [-0.25, -0.2) is 0 Å². The molecule has 0 aromatic rings. The summed E-state index contributed by atoms with van der Waals surface area (Å²) in [4.78, 5) is 0. The second-order valence-corrected chi connectivity index (χ2v) is 3.39. The Morgan fingerprint density at radius 3 is 2.36 bits per heavy atom. The molecule has 0 fully saturated rings. The Balaban J connectivity index is 3.06. The minimum absolute atomic E-state index is 0.0874. The Morgan fingerprint density at radius 2 is 1.79 bits per heavy atom. The maximum absolute atomic E-state index is 5.64. The third-order valence-corrected chi connectivity index (χ3v) is 1.99. The minimum Gasteiger partial charge on any atom is -0.382 e. The summed E-state index contributed by atoms with van der Waals surface area (Å²) in [5, 5.41) is 0. The van der Waals surface area contributed by atoms with Crippen LogP contribution in [0.4, 0.5) is 0 Å². The van der Waals surface area contributed by atoms with E-state index in [1.165, 1.54) is 0 Å². The third kappa shape index (κ3) is 8.44. The lowest BCUT2D eigenvalue weighted by atomic mass is 10.2. The first-order valence-electron chi connectivity index (χ1n) is 5.12. The molecular weight excluding hydrogens is 182 g/mol. The first-order valence-corrected chi connectivity index (χ1v) is 5.12. The van der Waals surface area contributed by atoms with Gasteiger partial charge in [0.25, 0.3) is 0 Å². The fraction of sp³-hybridized carbons (Fsp3) is 1.00. The molecular formula is C10H23NO3. The number of ether oxygens (including phenoxy) is 3. The summed E-state index contributed by atoms with van der Waals surface area (Å²) in [6, 6.07) is 0.0874. The first kappa shape index (κ1) is 13.8. The zero-order chi connectivity index (χ0) is 10.8. The normalized spacial score (nSPS) is 15.4. The van der Waals surface area contributed by atoms with Gasteiger partial charge in [-0.1, -0.05) is 0 Å². The first-order chi connectivity index (χ1) is 6.68. The van der Waals surface area contributed by atoms with Crippen molar-refractivity contribution in [1.29, 1.82) is 0 Å². The summed E-state index contributed by atoms with van der Waals surface area (Å²) in [6.07, 6.45) is 1.02. The van der Waals surface area contributed by atoms with Crippen LogP contribution in [0.25, 0.3) is 0 Å². The van der Waals surface area contributed by atoms with Crippen LogP contribution in [0.2, 0.25) is 0 Å². The zero-order valence-electron chi connectivity index (χ0n) is 9.49. The molecule has 0 aromatic carbocycles. The van der Waals surface area contributed by atoms with Crippen LogP contribution in [0.3, 0.4) is 0 Å². The van der Waals surface area contributed by atoms with E-state index in [1.54, 1.807) is 7.11 Å². The highest BCUT2D eigenvalue weighted by Crippen LogP contribution is 1.96. The van der Waals surface area contributed by atoms with Crippen molar-refractivity contribution < 1.29 is 14.2 Å². The molecule has 0 aromatic heterocycles. The largest absolute Gasteiger partial charge is 0.382 e. The molecule has 0 aliphatic carbocycles. The smallest absolute Gasteiger partial charge is 0.0700 e.